The van der Waals surface area contributed by atoms with E-state index >= 15 is 0 Å². The zero-order chi connectivity index (χ0) is 26.0. The van der Waals surface area contributed by atoms with Crippen LogP contribution in [0.1, 0.15) is 44.9 Å². The molecule has 0 aromatic carbocycles. The van der Waals surface area contributed by atoms with Gasteiger partial charge in [-0.15, -0.1) is 0 Å². The molecule has 10 atom stereocenters. The Balaban J connectivity index is 1.72. The van der Waals surface area contributed by atoms with E-state index in [-0.39, 0.29) is 12.6 Å². The van der Waals surface area contributed by atoms with Crippen molar-refractivity contribution in [1.82, 2.24) is 0 Å². The molecule has 0 spiro atoms. The Kier molecular flexibility index (Phi) is 13.2. The summed E-state index contributed by atoms with van der Waals surface area (Å²) in [5.74, 6) is -0.214. The smallest absolute Gasteiger partial charge is 0.305 e. The lowest BCUT2D eigenvalue weighted by Crippen LogP contribution is -2.61. The van der Waals surface area contributed by atoms with Gasteiger partial charge in [0.1, 0.15) is 48.8 Å². The van der Waals surface area contributed by atoms with Gasteiger partial charge in [0, 0.05) is 13.0 Å². The number of carbonyl (C=O) groups excluding carboxylic acids is 1. The summed E-state index contributed by atoms with van der Waals surface area (Å²) in [6.45, 7) is -0.784. The molecule has 2 saturated heterocycles. The number of esters is 1. The van der Waals surface area contributed by atoms with Crippen LogP contribution in [-0.4, -0.2) is 130 Å². The van der Waals surface area contributed by atoms with E-state index in [1.807, 2.05) is 0 Å². The van der Waals surface area contributed by atoms with Crippen molar-refractivity contribution >= 4 is 5.97 Å². The Hall–Kier alpha value is -0.970. The molecule has 2 heterocycles. The summed E-state index contributed by atoms with van der Waals surface area (Å²) in [5.41, 5.74) is 0. The number of carbonyl (C=O) groups is 1. The molecule has 0 amide bonds. The molecule has 2 fully saturated rings. The number of aliphatic hydroxyl groups is 7. The molecule has 0 saturated carbocycles. The standard InChI is InChI=1S/C22H40O13/c1-31-14(24)8-6-4-2-3-5-7-9-32-21-19(29)18(28)16(26)13(35-21)11-33-22-20(30)17(27)15(25)12(10-23)34-22/h12-13,15-23,25-30H,2-11H2,1H3/t12-,13-,15-,16-,17+,18+,19+,20+,21-,22+/m1/s1. The van der Waals surface area contributed by atoms with Crippen LogP contribution in [0.5, 0.6) is 0 Å². The fourth-order valence-electron chi connectivity index (χ4n) is 3.97. The minimum absolute atomic E-state index is 0.214. The number of hydrogen-bond donors (Lipinski definition) is 7. The van der Waals surface area contributed by atoms with Crippen molar-refractivity contribution in [2.75, 3.05) is 26.9 Å². The molecular weight excluding hydrogens is 472 g/mol. The van der Waals surface area contributed by atoms with Gasteiger partial charge < -0.3 is 59.4 Å². The molecule has 0 bridgehead atoms. The van der Waals surface area contributed by atoms with E-state index in [0.29, 0.717) is 12.8 Å². The first-order valence-corrected chi connectivity index (χ1v) is 12.0. The molecule has 206 valence electrons. The molecule has 0 unspecified atom stereocenters. The largest absolute Gasteiger partial charge is 0.469 e. The van der Waals surface area contributed by atoms with E-state index in [1.54, 1.807) is 0 Å². The van der Waals surface area contributed by atoms with Gasteiger partial charge in [-0.1, -0.05) is 25.7 Å². The molecule has 2 rings (SSSR count). The lowest BCUT2D eigenvalue weighted by atomic mass is 9.98. The lowest BCUT2D eigenvalue weighted by molar-refractivity contribution is -0.331. The van der Waals surface area contributed by atoms with E-state index in [1.165, 1.54) is 7.11 Å². The number of aliphatic hydroxyl groups excluding tert-OH is 7. The first kappa shape index (κ1) is 30.3. The van der Waals surface area contributed by atoms with Gasteiger partial charge in [0.15, 0.2) is 12.6 Å². The summed E-state index contributed by atoms with van der Waals surface area (Å²) in [7, 11) is 1.37. The zero-order valence-corrected chi connectivity index (χ0v) is 19.9. The van der Waals surface area contributed by atoms with Crippen LogP contribution in [-0.2, 0) is 28.5 Å². The maximum atomic E-state index is 11.1. The lowest BCUT2D eigenvalue weighted by Gasteiger charge is -2.42. The quantitative estimate of drug-likeness (QED) is 0.0953. The highest BCUT2D eigenvalue weighted by Gasteiger charge is 2.47. The van der Waals surface area contributed by atoms with Crippen LogP contribution in [0.25, 0.3) is 0 Å². The Labute approximate surface area is 204 Å². The summed E-state index contributed by atoms with van der Waals surface area (Å²) in [5, 5.41) is 69.6. The third-order valence-electron chi connectivity index (χ3n) is 6.23. The van der Waals surface area contributed by atoms with E-state index in [2.05, 4.69) is 4.74 Å². The first-order valence-electron chi connectivity index (χ1n) is 12.0. The Morgan fingerprint density at radius 1 is 0.686 bits per heavy atom. The molecule has 0 aliphatic carbocycles. The molecular formula is C22H40O13. The molecule has 2 aliphatic rings. The van der Waals surface area contributed by atoms with Crippen LogP contribution < -0.4 is 0 Å². The van der Waals surface area contributed by atoms with Crippen LogP contribution >= 0.6 is 0 Å². The summed E-state index contributed by atoms with van der Waals surface area (Å²) < 4.78 is 26.3. The van der Waals surface area contributed by atoms with Gasteiger partial charge in [-0.05, 0) is 12.8 Å². The Morgan fingerprint density at radius 2 is 1.20 bits per heavy atom. The van der Waals surface area contributed by atoms with Crippen LogP contribution in [0.4, 0.5) is 0 Å². The predicted octanol–water partition coefficient (Wildman–Crippen LogP) is -2.47. The van der Waals surface area contributed by atoms with Crippen LogP contribution in [0.3, 0.4) is 0 Å². The zero-order valence-electron chi connectivity index (χ0n) is 19.9. The van der Waals surface area contributed by atoms with Crippen LogP contribution in [0, 0.1) is 0 Å². The van der Waals surface area contributed by atoms with Crippen molar-refractivity contribution in [2.45, 2.75) is 106 Å². The average molecular weight is 513 g/mol. The van der Waals surface area contributed by atoms with Crippen molar-refractivity contribution < 1.29 is 64.2 Å². The van der Waals surface area contributed by atoms with Crippen LogP contribution in [0.15, 0.2) is 0 Å². The highest BCUT2D eigenvalue weighted by molar-refractivity contribution is 5.68. The van der Waals surface area contributed by atoms with E-state index in [4.69, 9.17) is 18.9 Å². The second kappa shape index (κ2) is 15.3. The predicted molar refractivity (Wildman–Crippen MR) is 117 cm³/mol. The molecule has 0 aromatic heterocycles. The fourth-order valence-corrected chi connectivity index (χ4v) is 3.97. The minimum atomic E-state index is -1.63. The van der Waals surface area contributed by atoms with Crippen molar-refractivity contribution in [3.8, 4) is 0 Å². The molecule has 13 nitrogen and oxygen atoms in total. The molecule has 13 heteroatoms. The number of ether oxygens (including phenoxy) is 5. The van der Waals surface area contributed by atoms with Crippen molar-refractivity contribution in [1.29, 1.82) is 0 Å². The Bertz CT molecular complexity index is 606. The van der Waals surface area contributed by atoms with Gasteiger partial charge in [-0.25, -0.2) is 0 Å². The van der Waals surface area contributed by atoms with Gasteiger partial charge in [0.05, 0.1) is 20.3 Å². The molecule has 2 aliphatic heterocycles. The molecule has 35 heavy (non-hydrogen) atoms. The number of rotatable bonds is 14. The molecule has 7 N–H and O–H groups in total. The maximum Gasteiger partial charge on any atom is 0.305 e. The third-order valence-corrected chi connectivity index (χ3v) is 6.23. The third kappa shape index (κ3) is 8.83. The monoisotopic (exact) mass is 512 g/mol. The maximum absolute atomic E-state index is 11.1. The van der Waals surface area contributed by atoms with Gasteiger partial charge in [-0.3, -0.25) is 4.79 Å². The highest BCUT2D eigenvalue weighted by Crippen LogP contribution is 2.26. The van der Waals surface area contributed by atoms with Gasteiger partial charge in [0.25, 0.3) is 0 Å². The topological polar surface area (TPSA) is 205 Å². The van der Waals surface area contributed by atoms with Crippen molar-refractivity contribution in [3.63, 3.8) is 0 Å². The second-order valence-corrected chi connectivity index (χ2v) is 8.86. The van der Waals surface area contributed by atoms with Crippen molar-refractivity contribution in [2.24, 2.45) is 0 Å². The summed E-state index contributed by atoms with van der Waals surface area (Å²) >= 11 is 0. The number of methoxy groups -OCH3 is 1. The summed E-state index contributed by atoms with van der Waals surface area (Å²) in [6.07, 6.45) is -8.83. The highest BCUT2D eigenvalue weighted by atomic mass is 16.7. The number of unbranched alkanes of at least 4 members (excludes halogenated alkanes) is 5. The van der Waals surface area contributed by atoms with E-state index in [0.717, 1.165) is 32.1 Å². The Morgan fingerprint density at radius 3 is 1.80 bits per heavy atom. The SMILES string of the molecule is COC(=O)CCCCCCCCO[C@@H]1O[C@H](CO[C@H]2O[C@H](CO)[C@@H](O)[C@H](O)[C@@H]2O)[C@@H](O)[C@H](O)[C@@H]1O. The fraction of sp³-hybridized carbons (Fsp3) is 0.955. The van der Waals surface area contributed by atoms with Crippen LogP contribution in [0.2, 0.25) is 0 Å². The van der Waals surface area contributed by atoms with E-state index in [9.17, 15) is 40.5 Å². The minimum Gasteiger partial charge on any atom is -0.469 e. The number of hydrogen-bond acceptors (Lipinski definition) is 13. The average Bonchev–Trinajstić information content (AvgIpc) is 2.86. The van der Waals surface area contributed by atoms with E-state index < -0.39 is 74.6 Å². The molecule has 0 radical (unpaired) electrons. The van der Waals surface area contributed by atoms with Gasteiger partial charge >= 0.3 is 5.97 Å². The summed E-state index contributed by atoms with van der Waals surface area (Å²) in [6, 6.07) is 0. The second-order valence-electron chi connectivity index (χ2n) is 8.86. The van der Waals surface area contributed by atoms with Gasteiger partial charge in [-0.2, -0.15) is 0 Å². The van der Waals surface area contributed by atoms with Gasteiger partial charge in [0.2, 0.25) is 0 Å². The molecule has 0 aromatic rings. The van der Waals surface area contributed by atoms with Crippen molar-refractivity contribution in [3.05, 3.63) is 0 Å². The summed E-state index contributed by atoms with van der Waals surface area (Å²) in [4.78, 5) is 11.1. The first-order chi connectivity index (χ1) is 16.7. The normalized spacial score (nSPS) is 37.8.